The van der Waals surface area contributed by atoms with E-state index < -0.39 is 0 Å². The Morgan fingerprint density at radius 3 is 2.35 bits per heavy atom. The van der Waals surface area contributed by atoms with Crippen LogP contribution in [0, 0.1) is 0 Å². The predicted molar refractivity (Wildman–Crippen MR) is 96.8 cm³/mol. The first-order chi connectivity index (χ1) is 11.1. The first kappa shape index (κ1) is 16.1. The lowest BCUT2D eigenvalue weighted by atomic mass is 10.1. The van der Waals surface area contributed by atoms with Crippen LogP contribution >= 0.6 is 35.0 Å². The number of nitrogens with zero attached hydrogens (tertiary/aromatic N) is 3. The molecule has 4 nitrogen and oxygen atoms in total. The van der Waals surface area contributed by atoms with Gasteiger partial charge in [0.05, 0.1) is 23.8 Å². The molecule has 0 bridgehead atoms. The van der Waals surface area contributed by atoms with Gasteiger partial charge < -0.3 is 5.32 Å². The Hall–Kier alpha value is -1.82. The van der Waals surface area contributed by atoms with Crippen molar-refractivity contribution in [2.75, 3.05) is 11.6 Å². The van der Waals surface area contributed by atoms with Crippen LogP contribution in [0.5, 0.6) is 0 Å². The summed E-state index contributed by atoms with van der Waals surface area (Å²) in [6.07, 6.45) is 5.39. The molecule has 0 aliphatic carbocycles. The zero-order chi connectivity index (χ0) is 16.2. The van der Waals surface area contributed by atoms with Crippen molar-refractivity contribution in [3.63, 3.8) is 0 Å². The molecule has 116 valence electrons. The average molecular weight is 363 g/mol. The molecule has 0 unspecified atom stereocenters. The van der Waals surface area contributed by atoms with E-state index in [9.17, 15) is 0 Å². The van der Waals surface area contributed by atoms with Gasteiger partial charge in [0, 0.05) is 15.6 Å². The van der Waals surface area contributed by atoms with Gasteiger partial charge in [-0.25, -0.2) is 15.0 Å². The molecule has 0 radical (unpaired) electrons. The summed E-state index contributed by atoms with van der Waals surface area (Å²) in [7, 11) is 0. The van der Waals surface area contributed by atoms with Crippen molar-refractivity contribution in [3.05, 3.63) is 58.8 Å². The third kappa shape index (κ3) is 4.13. The molecule has 0 aliphatic rings. The van der Waals surface area contributed by atoms with Crippen molar-refractivity contribution in [2.45, 2.75) is 5.16 Å². The molecule has 1 aromatic carbocycles. The van der Waals surface area contributed by atoms with Gasteiger partial charge >= 0.3 is 0 Å². The first-order valence-electron chi connectivity index (χ1n) is 6.70. The average Bonchev–Trinajstić information content (AvgIpc) is 2.55. The summed E-state index contributed by atoms with van der Waals surface area (Å²) in [5.74, 6) is 0.694. The molecule has 2 aromatic heterocycles. The fraction of sp³-hybridized carbons (Fsp3) is 0.0625. The van der Waals surface area contributed by atoms with Crippen LogP contribution < -0.4 is 5.32 Å². The van der Waals surface area contributed by atoms with Crippen LogP contribution in [0.1, 0.15) is 0 Å². The molecule has 3 aromatic rings. The number of rotatable bonds is 4. The van der Waals surface area contributed by atoms with Gasteiger partial charge in [0.1, 0.15) is 5.82 Å². The van der Waals surface area contributed by atoms with E-state index in [1.807, 2.05) is 36.6 Å². The molecule has 0 amide bonds. The van der Waals surface area contributed by atoms with E-state index in [0.717, 1.165) is 22.1 Å². The van der Waals surface area contributed by atoms with Crippen molar-refractivity contribution >= 4 is 46.5 Å². The molecular formula is C16H12Cl2N4S. The maximum absolute atomic E-state index is 6.05. The minimum Gasteiger partial charge on any atom is -0.338 e. The molecule has 0 atom stereocenters. The number of halogens is 2. The lowest BCUT2D eigenvalue weighted by Gasteiger charge is -2.08. The summed E-state index contributed by atoms with van der Waals surface area (Å²) < 4.78 is 0. The van der Waals surface area contributed by atoms with Crippen LogP contribution in [0.4, 0.5) is 11.5 Å². The summed E-state index contributed by atoms with van der Waals surface area (Å²) in [5, 5.41) is 5.07. The summed E-state index contributed by atoms with van der Waals surface area (Å²) in [6, 6.07) is 11.0. The number of hydrogen-bond acceptors (Lipinski definition) is 5. The molecule has 0 aliphatic heterocycles. The quantitative estimate of drug-likeness (QED) is 0.503. The van der Waals surface area contributed by atoms with Crippen molar-refractivity contribution in [3.8, 4) is 11.3 Å². The van der Waals surface area contributed by atoms with Crippen LogP contribution in [0.2, 0.25) is 10.0 Å². The summed E-state index contributed by atoms with van der Waals surface area (Å²) in [4.78, 5) is 13.0. The van der Waals surface area contributed by atoms with Gasteiger partial charge in [0.25, 0.3) is 0 Å². The number of benzene rings is 1. The Bertz CT molecular complexity index is 804. The second-order valence-electron chi connectivity index (χ2n) is 4.65. The standard InChI is InChI=1S/C16H12Cl2N4S/c1-23-16-19-8-13(9-20-16)21-15-4-2-3-14(22-15)10-5-11(17)7-12(18)6-10/h2-9H,1H3,(H,21,22). The second-order valence-corrected chi connectivity index (χ2v) is 6.30. The fourth-order valence-corrected chi connectivity index (χ4v) is 2.84. The highest BCUT2D eigenvalue weighted by molar-refractivity contribution is 7.98. The van der Waals surface area contributed by atoms with Crippen LogP contribution in [0.25, 0.3) is 11.3 Å². The van der Waals surface area contributed by atoms with E-state index in [2.05, 4.69) is 20.3 Å². The molecular weight excluding hydrogens is 351 g/mol. The normalized spacial score (nSPS) is 10.6. The van der Waals surface area contributed by atoms with Crippen molar-refractivity contribution in [2.24, 2.45) is 0 Å². The number of nitrogens with one attached hydrogen (secondary N) is 1. The van der Waals surface area contributed by atoms with Gasteiger partial charge in [0.15, 0.2) is 5.16 Å². The number of anilines is 2. The number of hydrogen-bond donors (Lipinski definition) is 1. The maximum Gasteiger partial charge on any atom is 0.187 e. The van der Waals surface area contributed by atoms with E-state index in [-0.39, 0.29) is 0 Å². The van der Waals surface area contributed by atoms with Gasteiger partial charge in [-0.3, -0.25) is 0 Å². The highest BCUT2D eigenvalue weighted by Gasteiger charge is 2.05. The number of aromatic nitrogens is 3. The minimum absolute atomic E-state index is 0.578. The van der Waals surface area contributed by atoms with Crippen LogP contribution in [0.3, 0.4) is 0 Å². The zero-order valence-electron chi connectivity index (χ0n) is 12.1. The zero-order valence-corrected chi connectivity index (χ0v) is 14.5. The summed E-state index contributed by atoms with van der Waals surface area (Å²) in [5.41, 5.74) is 2.41. The third-order valence-electron chi connectivity index (χ3n) is 2.99. The number of thioether (sulfide) groups is 1. The molecule has 23 heavy (non-hydrogen) atoms. The van der Waals surface area contributed by atoms with Crippen molar-refractivity contribution < 1.29 is 0 Å². The highest BCUT2D eigenvalue weighted by atomic mass is 35.5. The lowest BCUT2D eigenvalue weighted by Crippen LogP contribution is -1.96. The van der Waals surface area contributed by atoms with E-state index >= 15 is 0 Å². The molecule has 1 N–H and O–H groups in total. The van der Waals surface area contributed by atoms with Crippen LogP contribution in [-0.2, 0) is 0 Å². The molecule has 0 spiro atoms. The third-order valence-corrected chi connectivity index (χ3v) is 4.00. The topological polar surface area (TPSA) is 50.7 Å². The first-order valence-corrected chi connectivity index (χ1v) is 8.69. The van der Waals surface area contributed by atoms with E-state index in [1.54, 1.807) is 18.5 Å². The molecule has 7 heteroatoms. The van der Waals surface area contributed by atoms with E-state index in [0.29, 0.717) is 15.9 Å². The molecule has 3 rings (SSSR count). The van der Waals surface area contributed by atoms with Crippen molar-refractivity contribution in [1.29, 1.82) is 0 Å². The van der Waals surface area contributed by atoms with Crippen molar-refractivity contribution in [1.82, 2.24) is 15.0 Å². The second kappa shape index (κ2) is 7.17. The molecule has 0 fully saturated rings. The lowest BCUT2D eigenvalue weighted by molar-refractivity contribution is 0.972. The summed E-state index contributed by atoms with van der Waals surface area (Å²) >= 11 is 13.6. The van der Waals surface area contributed by atoms with Crippen LogP contribution in [-0.4, -0.2) is 21.2 Å². The maximum atomic E-state index is 6.05. The fourth-order valence-electron chi connectivity index (χ4n) is 2.00. The Morgan fingerprint density at radius 1 is 1.00 bits per heavy atom. The van der Waals surface area contributed by atoms with Gasteiger partial charge in [-0.1, -0.05) is 41.0 Å². The molecule has 0 saturated carbocycles. The van der Waals surface area contributed by atoms with Gasteiger partial charge in [-0.15, -0.1) is 0 Å². The van der Waals surface area contributed by atoms with Gasteiger partial charge in [-0.05, 0) is 36.6 Å². The smallest absolute Gasteiger partial charge is 0.187 e. The highest BCUT2D eigenvalue weighted by Crippen LogP contribution is 2.27. The van der Waals surface area contributed by atoms with Gasteiger partial charge in [-0.2, -0.15) is 0 Å². The van der Waals surface area contributed by atoms with Crippen LogP contribution in [0.15, 0.2) is 53.9 Å². The Morgan fingerprint density at radius 2 is 1.70 bits per heavy atom. The Kier molecular flexibility index (Phi) is 5.00. The summed E-state index contributed by atoms with van der Waals surface area (Å²) in [6.45, 7) is 0. The largest absolute Gasteiger partial charge is 0.338 e. The Labute approximate surface area is 148 Å². The van der Waals surface area contributed by atoms with E-state index in [1.165, 1.54) is 11.8 Å². The monoisotopic (exact) mass is 362 g/mol. The minimum atomic E-state index is 0.578. The van der Waals surface area contributed by atoms with Gasteiger partial charge in [0.2, 0.25) is 0 Å². The predicted octanol–water partition coefficient (Wildman–Crippen LogP) is 5.31. The van der Waals surface area contributed by atoms with E-state index in [4.69, 9.17) is 23.2 Å². The molecule has 2 heterocycles. The number of pyridine rings is 1. The SMILES string of the molecule is CSc1ncc(Nc2cccc(-c3cc(Cl)cc(Cl)c3)n2)cn1. The molecule has 0 saturated heterocycles. The Balaban J connectivity index is 1.87.